The molecule has 134 valence electrons. The number of hydrogen-bond donors (Lipinski definition) is 1. The molecule has 1 fully saturated rings. The smallest absolute Gasteiger partial charge is 0.243 e. The number of carbonyl (C=O) groups is 1. The van der Waals surface area contributed by atoms with E-state index in [0.717, 1.165) is 6.42 Å². The van der Waals surface area contributed by atoms with Gasteiger partial charge in [-0.2, -0.15) is 4.31 Å². The average molecular weight is 354 g/mol. The first-order valence-electron chi connectivity index (χ1n) is 8.26. The summed E-state index contributed by atoms with van der Waals surface area (Å²) < 4.78 is 32.0. The van der Waals surface area contributed by atoms with Crippen LogP contribution in [-0.2, 0) is 14.8 Å². The number of hydrogen-bond acceptors (Lipinski definition) is 4. The molecular formula is C17H26N2O4S. The normalized spacial score (nSPS) is 19.2. The van der Waals surface area contributed by atoms with E-state index >= 15 is 0 Å². The fraction of sp³-hybridized carbons (Fsp3) is 0.588. The van der Waals surface area contributed by atoms with Crippen molar-refractivity contribution in [2.45, 2.75) is 31.6 Å². The Morgan fingerprint density at radius 2 is 2.00 bits per heavy atom. The lowest BCUT2D eigenvalue weighted by Gasteiger charge is -2.31. The van der Waals surface area contributed by atoms with Gasteiger partial charge in [0.15, 0.2) is 0 Å². The molecule has 0 aromatic heterocycles. The molecule has 1 aliphatic rings. The second-order valence-corrected chi connectivity index (χ2v) is 8.45. The van der Waals surface area contributed by atoms with Crippen molar-refractivity contribution in [1.29, 1.82) is 0 Å². The highest BCUT2D eigenvalue weighted by molar-refractivity contribution is 7.89. The maximum Gasteiger partial charge on any atom is 0.243 e. The molecule has 2 rings (SSSR count). The minimum absolute atomic E-state index is 0.0571. The van der Waals surface area contributed by atoms with Gasteiger partial charge in [0.25, 0.3) is 0 Å². The van der Waals surface area contributed by atoms with Crippen LogP contribution in [0.3, 0.4) is 0 Å². The Hall–Kier alpha value is -1.60. The van der Waals surface area contributed by atoms with Crippen molar-refractivity contribution < 1.29 is 17.9 Å². The van der Waals surface area contributed by atoms with Gasteiger partial charge in [0, 0.05) is 19.6 Å². The highest BCUT2D eigenvalue weighted by Crippen LogP contribution is 2.25. The summed E-state index contributed by atoms with van der Waals surface area (Å²) in [4.78, 5) is 12.5. The number of nitrogens with one attached hydrogen (secondary N) is 1. The predicted octanol–water partition coefficient (Wildman–Crippen LogP) is 1.87. The van der Waals surface area contributed by atoms with Crippen LogP contribution in [-0.4, -0.2) is 45.4 Å². The number of carbonyl (C=O) groups excluding carboxylic acids is 1. The summed E-state index contributed by atoms with van der Waals surface area (Å²) in [5.74, 6) is 0.638. The van der Waals surface area contributed by atoms with Crippen LogP contribution in [0.2, 0.25) is 0 Å². The molecule has 0 radical (unpaired) electrons. The molecule has 1 saturated heterocycles. The second-order valence-electron chi connectivity index (χ2n) is 6.52. The van der Waals surface area contributed by atoms with Crippen LogP contribution in [0.25, 0.3) is 0 Å². The molecule has 1 atom stereocenters. The van der Waals surface area contributed by atoms with Gasteiger partial charge in [0.2, 0.25) is 15.9 Å². The van der Waals surface area contributed by atoms with Gasteiger partial charge in [-0.05, 0) is 43.0 Å². The quantitative estimate of drug-likeness (QED) is 0.846. The minimum atomic E-state index is -3.59. The van der Waals surface area contributed by atoms with Crippen molar-refractivity contribution >= 4 is 15.9 Å². The van der Waals surface area contributed by atoms with Gasteiger partial charge < -0.3 is 10.1 Å². The third-order valence-electron chi connectivity index (χ3n) is 4.14. The minimum Gasteiger partial charge on any atom is -0.497 e. The monoisotopic (exact) mass is 354 g/mol. The summed E-state index contributed by atoms with van der Waals surface area (Å²) in [6.07, 6.45) is 1.41. The standard InChI is InChI=1S/C17H26N2O4S/c1-13(2)11-18-17(20)14-5-4-10-19(12-14)24(21,22)16-8-6-15(23-3)7-9-16/h6-9,13-14H,4-5,10-12H2,1-3H3,(H,18,20)/t14-/m1/s1. The van der Waals surface area contributed by atoms with Gasteiger partial charge in [-0.25, -0.2) is 8.42 Å². The Bertz CT molecular complexity index is 656. The van der Waals surface area contributed by atoms with E-state index in [4.69, 9.17) is 4.74 Å². The van der Waals surface area contributed by atoms with E-state index in [1.807, 2.05) is 13.8 Å². The van der Waals surface area contributed by atoms with Crippen molar-refractivity contribution in [2.75, 3.05) is 26.7 Å². The summed E-state index contributed by atoms with van der Waals surface area (Å²) in [6.45, 7) is 5.35. The maximum absolute atomic E-state index is 12.8. The largest absolute Gasteiger partial charge is 0.497 e. The van der Waals surface area contributed by atoms with Crippen molar-refractivity contribution in [1.82, 2.24) is 9.62 Å². The molecule has 24 heavy (non-hydrogen) atoms. The zero-order chi connectivity index (χ0) is 17.7. The van der Waals surface area contributed by atoms with E-state index in [2.05, 4.69) is 5.32 Å². The molecule has 0 unspecified atom stereocenters. The molecule has 1 aliphatic heterocycles. The molecular weight excluding hydrogens is 328 g/mol. The Morgan fingerprint density at radius 3 is 2.58 bits per heavy atom. The number of sulfonamides is 1. The van der Waals surface area contributed by atoms with Crippen LogP contribution in [0, 0.1) is 11.8 Å². The van der Waals surface area contributed by atoms with E-state index in [1.54, 1.807) is 12.1 Å². The Morgan fingerprint density at radius 1 is 1.33 bits per heavy atom. The number of amides is 1. The fourth-order valence-electron chi connectivity index (χ4n) is 2.72. The molecule has 1 amide bonds. The number of ether oxygens (including phenoxy) is 1. The Kier molecular flexibility index (Phi) is 6.23. The Labute approximate surface area is 144 Å². The first kappa shape index (κ1) is 18.7. The number of rotatable bonds is 6. The van der Waals surface area contributed by atoms with Gasteiger partial charge in [-0.1, -0.05) is 13.8 Å². The van der Waals surface area contributed by atoms with Gasteiger partial charge in [-0.3, -0.25) is 4.79 Å². The lowest BCUT2D eigenvalue weighted by molar-refractivity contribution is -0.126. The average Bonchev–Trinajstić information content (AvgIpc) is 2.59. The number of benzene rings is 1. The summed E-state index contributed by atoms with van der Waals surface area (Å²) in [5, 5.41) is 2.90. The van der Waals surface area contributed by atoms with Crippen molar-refractivity contribution in [3.8, 4) is 5.75 Å². The molecule has 0 saturated carbocycles. The van der Waals surface area contributed by atoms with E-state index < -0.39 is 10.0 Å². The molecule has 7 heteroatoms. The Balaban J connectivity index is 2.08. The lowest BCUT2D eigenvalue weighted by atomic mass is 9.98. The number of nitrogens with zero attached hydrogens (tertiary/aromatic N) is 1. The van der Waals surface area contributed by atoms with Gasteiger partial charge in [-0.15, -0.1) is 0 Å². The molecule has 1 N–H and O–H groups in total. The van der Waals surface area contributed by atoms with E-state index in [-0.39, 0.29) is 23.3 Å². The summed E-state index contributed by atoms with van der Waals surface area (Å²) in [7, 11) is -2.05. The second kappa shape index (κ2) is 7.98. The summed E-state index contributed by atoms with van der Waals surface area (Å²) in [5.41, 5.74) is 0. The number of methoxy groups -OCH3 is 1. The molecule has 1 aromatic rings. The number of piperidine rings is 1. The van der Waals surface area contributed by atoms with E-state index in [1.165, 1.54) is 23.5 Å². The first-order valence-corrected chi connectivity index (χ1v) is 9.70. The van der Waals surface area contributed by atoms with Crippen LogP contribution in [0.4, 0.5) is 0 Å². The lowest BCUT2D eigenvalue weighted by Crippen LogP contribution is -2.45. The molecule has 1 heterocycles. The zero-order valence-corrected chi connectivity index (χ0v) is 15.3. The fourth-order valence-corrected chi connectivity index (χ4v) is 4.24. The molecule has 0 aliphatic carbocycles. The highest BCUT2D eigenvalue weighted by atomic mass is 32.2. The third-order valence-corrected chi connectivity index (χ3v) is 6.02. The van der Waals surface area contributed by atoms with Crippen LogP contribution < -0.4 is 10.1 Å². The van der Waals surface area contributed by atoms with Gasteiger partial charge in [0.05, 0.1) is 17.9 Å². The molecule has 6 nitrogen and oxygen atoms in total. The van der Waals surface area contributed by atoms with Crippen LogP contribution in [0.5, 0.6) is 5.75 Å². The molecule has 0 spiro atoms. The zero-order valence-electron chi connectivity index (χ0n) is 14.5. The van der Waals surface area contributed by atoms with E-state index in [9.17, 15) is 13.2 Å². The predicted molar refractivity (Wildman–Crippen MR) is 92.3 cm³/mol. The van der Waals surface area contributed by atoms with Gasteiger partial charge >= 0.3 is 0 Å². The van der Waals surface area contributed by atoms with Crippen molar-refractivity contribution in [2.24, 2.45) is 11.8 Å². The summed E-state index contributed by atoms with van der Waals surface area (Å²) in [6, 6.07) is 6.33. The van der Waals surface area contributed by atoms with Crippen molar-refractivity contribution in [3.05, 3.63) is 24.3 Å². The topological polar surface area (TPSA) is 75.7 Å². The van der Waals surface area contributed by atoms with Crippen molar-refractivity contribution in [3.63, 3.8) is 0 Å². The summed E-state index contributed by atoms with van der Waals surface area (Å²) >= 11 is 0. The van der Waals surface area contributed by atoms with E-state index in [0.29, 0.717) is 31.2 Å². The SMILES string of the molecule is COc1ccc(S(=O)(=O)N2CCC[C@@H](C(=O)NCC(C)C)C2)cc1. The van der Waals surface area contributed by atoms with Gasteiger partial charge in [0.1, 0.15) is 5.75 Å². The van der Waals surface area contributed by atoms with Crippen LogP contribution >= 0.6 is 0 Å². The van der Waals surface area contributed by atoms with Crippen LogP contribution in [0.1, 0.15) is 26.7 Å². The third kappa shape index (κ3) is 4.48. The highest BCUT2D eigenvalue weighted by Gasteiger charge is 2.33. The maximum atomic E-state index is 12.8. The van der Waals surface area contributed by atoms with Crippen LogP contribution in [0.15, 0.2) is 29.2 Å². The molecule has 1 aromatic carbocycles. The molecule has 0 bridgehead atoms. The first-order chi connectivity index (χ1) is 11.3.